The predicted octanol–water partition coefficient (Wildman–Crippen LogP) is 2.24. The molecule has 3 rings (SSSR count). The van der Waals surface area contributed by atoms with Crippen molar-refractivity contribution in [2.75, 3.05) is 0 Å². The minimum Gasteiger partial charge on any atom is -0.275 e. The maximum atomic E-state index is 13.2. The highest BCUT2D eigenvalue weighted by Gasteiger charge is 2.16. The molecule has 0 saturated carbocycles. The summed E-state index contributed by atoms with van der Waals surface area (Å²) < 4.78 is 54.6. The van der Waals surface area contributed by atoms with Crippen LogP contribution in [0.2, 0.25) is 0 Å². The third-order valence-electron chi connectivity index (χ3n) is 3.44. The first-order valence-electron chi connectivity index (χ1n) is 7.23. The molecule has 130 valence electrons. The molecule has 25 heavy (non-hydrogen) atoms. The highest BCUT2D eigenvalue weighted by Crippen LogP contribution is 2.17. The monoisotopic (exact) mass is 364 g/mol. The zero-order valence-electron chi connectivity index (χ0n) is 13.1. The highest BCUT2D eigenvalue weighted by molar-refractivity contribution is 7.89. The van der Waals surface area contributed by atoms with Crippen molar-refractivity contribution in [2.45, 2.75) is 11.4 Å². The van der Waals surface area contributed by atoms with Crippen LogP contribution in [0.25, 0.3) is 11.3 Å². The number of hydrogen-bond acceptors (Lipinski definition) is 4. The predicted molar refractivity (Wildman–Crippen MR) is 86.8 cm³/mol. The lowest BCUT2D eigenvalue weighted by atomic mass is 10.2. The van der Waals surface area contributed by atoms with Crippen molar-refractivity contribution in [1.29, 1.82) is 0 Å². The van der Waals surface area contributed by atoms with Gasteiger partial charge in [-0.05, 0) is 23.8 Å². The van der Waals surface area contributed by atoms with E-state index < -0.39 is 26.6 Å². The van der Waals surface area contributed by atoms with Crippen LogP contribution in [0.3, 0.4) is 0 Å². The van der Waals surface area contributed by atoms with E-state index in [-0.39, 0.29) is 6.54 Å². The zero-order valence-corrected chi connectivity index (χ0v) is 14.0. The average molecular weight is 364 g/mol. The summed E-state index contributed by atoms with van der Waals surface area (Å²) in [6.45, 7) is -0.0548. The first-order valence-corrected chi connectivity index (χ1v) is 8.71. The fraction of sp³-hybridized carbons (Fsp3) is 0.125. The van der Waals surface area contributed by atoms with Crippen LogP contribution in [0.5, 0.6) is 0 Å². The van der Waals surface area contributed by atoms with E-state index in [1.807, 2.05) is 6.20 Å². The van der Waals surface area contributed by atoms with E-state index in [1.54, 1.807) is 30.1 Å². The number of nitrogens with one attached hydrogen (secondary N) is 1. The van der Waals surface area contributed by atoms with E-state index in [0.29, 0.717) is 17.3 Å². The topological polar surface area (TPSA) is 76.9 Å². The van der Waals surface area contributed by atoms with Crippen molar-refractivity contribution in [3.05, 3.63) is 66.1 Å². The second-order valence-electron chi connectivity index (χ2n) is 5.38. The molecule has 0 saturated heterocycles. The molecule has 3 aromatic rings. The summed E-state index contributed by atoms with van der Waals surface area (Å²) in [6, 6.07) is 5.58. The Bertz CT molecular complexity index is 981. The van der Waals surface area contributed by atoms with Crippen LogP contribution in [-0.2, 0) is 23.6 Å². The van der Waals surface area contributed by atoms with E-state index in [1.165, 1.54) is 6.20 Å². The minimum atomic E-state index is -4.03. The molecule has 1 N–H and O–H groups in total. The second-order valence-corrected chi connectivity index (χ2v) is 7.15. The summed E-state index contributed by atoms with van der Waals surface area (Å²) >= 11 is 0. The highest BCUT2D eigenvalue weighted by atomic mass is 32.2. The molecule has 1 aromatic carbocycles. The second kappa shape index (κ2) is 6.69. The molecular weight excluding hydrogens is 350 g/mol. The number of hydrogen-bond donors (Lipinski definition) is 1. The summed E-state index contributed by atoms with van der Waals surface area (Å²) in [5, 5.41) is 4.06. The first kappa shape index (κ1) is 17.2. The number of benzene rings is 1. The Morgan fingerprint density at radius 1 is 1.12 bits per heavy atom. The van der Waals surface area contributed by atoms with Crippen molar-refractivity contribution in [3.63, 3.8) is 0 Å². The van der Waals surface area contributed by atoms with Crippen LogP contribution in [0.1, 0.15) is 5.56 Å². The van der Waals surface area contributed by atoms with Crippen LogP contribution in [0.15, 0.2) is 53.8 Å². The van der Waals surface area contributed by atoms with Gasteiger partial charge in [-0.25, -0.2) is 21.9 Å². The molecule has 0 radical (unpaired) electrons. The van der Waals surface area contributed by atoms with Gasteiger partial charge < -0.3 is 0 Å². The molecule has 0 bridgehead atoms. The molecule has 6 nitrogen and oxygen atoms in total. The van der Waals surface area contributed by atoms with Gasteiger partial charge in [0.15, 0.2) is 0 Å². The van der Waals surface area contributed by atoms with E-state index in [4.69, 9.17) is 0 Å². The fourth-order valence-corrected chi connectivity index (χ4v) is 3.26. The van der Waals surface area contributed by atoms with Gasteiger partial charge in [0.25, 0.3) is 0 Å². The van der Waals surface area contributed by atoms with E-state index in [0.717, 1.165) is 17.7 Å². The van der Waals surface area contributed by atoms with Crippen LogP contribution >= 0.6 is 0 Å². The molecule has 2 heterocycles. The summed E-state index contributed by atoms with van der Waals surface area (Å²) in [4.78, 5) is 3.79. The average Bonchev–Trinajstić information content (AvgIpc) is 2.99. The van der Waals surface area contributed by atoms with Gasteiger partial charge in [-0.15, -0.1) is 0 Å². The molecule has 0 fully saturated rings. The van der Waals surface area contributed by atoms with Crippen molar-refractivity contribution >= 4 is 10.0 Å². The Labute approximate surface area is 143 Å². The Hall–Kier alpha value is -2.65. The van der Waals surface area contributed by atoms with Gasteiger partial charge >= 0.3 is 0 Å². The largest absolute Gasteiger partial charge is 0.275 e. The summed E-state index contributed by atoms with van der Waals surface area (Å²) in [5.74, 6) is -1.91. The molecule has 0 amide bonds. The minimum absolute atomic E-state index is 0.0548. The van der Waals surface area contributed by atoms with E-state index in [2.05, 4.69) is 14.8 Å². The first-order chi connectivity index (χ1) is 11.8. The molecule has 0 atom stereocenters. The van der Waals surface area contributed by atoms with Gasteiger partial charge in [0.2, 0.25) is 10.0 Å². The normalized spacial score (nSPS) is 11.6. The lowest BCUT2D eigenvalue weighted by Crippen LogP contribution is -2.23. The SMILES string of the molecule is Cn1cc(-c2ccc(CNS(=O)(=O)c3cc(F)cc(F)c3)cn2)cn1. The third kappa shape index (κ3) is 4.06. The lowest BCUT2D eigenvalue weighted by molar-refractivity contribution is 0.561. The number of aromatic nitrogens is 3. The number of rotatable bonds is 5. The Kier molecular flexibility index (Phi) is 4.60. The van der Waals surface area contributed by atoms with Crippen LogP contribution in [-0.4, -0.2) is 23.2 Å². The quantitative estimate of drug-likeness (QED) is 0.753. The molecule has 0 aliphatic rings. The van der Waals surface area contributed by atoms with Gasteiger partial charge in [-0.1, -0.05) is 6.07 Å². The van der Waals surface area contributed by atoms with Crippen molar-refractivity contribution < 1.29 is 17.2 Å². The molecular formula is C16H14F2N4O2S. The lowest BCUT2D eigenvalue weighted by Gasteiger charge is -2.07. The molecule has 0 unspecified atom stereocenters. The van der Waals surface area contributed by atoms with Gasteiger partial charge in [0, 0.05) is 37.6 Å². The fourth-order valence-electron chi connectivity index (χ4n) is 2.20. The van der Waals surface area contributed by atoms with E-state index in [9.17, 15) is 17.2 Å². The standard InChI is InChI=1S/C16H14F2N4O2S/c1-22-10-12(9-20-22)16-3-2-11(7-19-16)8-21-25(23,24)15-5-13(17)4-14(18)6-15/h2-7,9-10,21H,8H2,1H3. The summed E-state index contributed by atoms with van der Waals surface area (Å²) in [5.41, 5.74) is 2.14. The molecule has 9 heteroatoms. The van der Waals surface area contributed by atoms with Gasteiger partial charge in [0.1, 0.15) is 11.6 Å². The maximum Gasteiger partial charge on any atom is 0.241 e. The summed E-state index contributed by atoms with van der Waals surface area (Å²) in [6.07, 6.45) is 5.00. The van der Waals surface area contributed by atoms with Gasteiger partial charge in [-0.2, -0.15) is 5.10 Å². The van der Waals surface area contributed by atoms with Crippen LogP contribution in [0, 0.1) is 11.6 Å². The molecule has 2 aromatic heterocycles. The van der Waals surface area contributed by atoms with E-state index >= 15 is 0 Å². The molecule has 0 spiro atoms. The van der Waals surface area contributed by atoms with Crippen molar-refractivity contribution in [1.82, 2.24) is 19.5 Å². The smallest absolute Gasteiger partial charge is 0.241 e. The number of pyridine rings is 1. The number of nitrogens with zero attached hydrogens (tertiary/aromatic N) is 3. The number of aryl methyl sites for hydroxylation is 1. The van der Waals surface area contributed by atoms with Crippen molar-refractivity contribution in [2.24, 2.45) is 7.05 Å². The Balaban J connectivity index is 1.72. The summed E-state index contributed by atoms with van der Waals surface area (Å²) in [7, 11) is -2.24. The van der Waals surface area contributed by atoms with Crippen molar-refractivity contribution in [3.8, 4) is 11.3 Å². The Morgan fingerprint density at radius 3 is 2.40 bits per heavy atom. The number of halogens is 2. The molecule has 0 aliphatic carbocycles. The van der Waals surface area contributed by atoms with Crippen LogP contribution in [0.4, 0.5) is 8.78 Å². The Morgan fingerprint density at radius 2 is 1.84 bits per heavy atom. The van der Waals surface area contributed by atoms with Crippen LogP contribution < -0.4 is 4.72 Å². The van der Waals surface area contributed by atoms with Gasteiger partial charge in [-0.3, -0.25) is 9.67 Å². The molecule has 0 aliphatic heterocycles. The third-order valence-corrected chi connectivity index (χ3v) is 4.82. The maximum absolute atomic E-state index is 13.2. The number of sulfonamides is 1. The zero-order chi connectivity index (χ0) is 18.0. The van der Waals surface area contributed by atoms with Gasteiger partial charge in [0.05, 0.1) is 16.8 Å².